The van der Waals surface area contributed by atoms with Crippen LogP contribution >= 0.6 is 0 Å². The summed E-state index contributed by atoms with van der Waals surface area (Å²) in [5.41, 5.74) is 5.37. The lowest BCUT2D eigenvalue weighted by Crippen LogP contribution is -2.27. The predicted molar refractivity (Wildman–Crippen MR) is 92.2 cm³/mol. The first-order valence-corrected chi connectivity index (χ1v) is 7.89. The molecule has 1 aromatic carbocycles. The van der Waals surface area contributed by atoms with Gasteiger partial charge in [0.1, 0.15) is 0 Å². The molecule has 0 saturated carbocycles. The molecule has 0 fully saturated rings. The Morgan fingerprint density at radius 3 is 2.52 bits per heavy atom. The van der Waals surface area contributed by atoms with Crippen molar-refractivity contribution >= 4 is 23.3 Å². The van der Waals surface area contributed by atoms with Crippen LogP contribution in [-0.2, 0) is 14.3 Å². The Hall–Kier alpha value is -2.59. The van der Waals surface area contributed by atoms with Crippen LogP contribution in [0, 0.1) is 0 Å². The molecule has 0 aromatic heterocycles. The fraction of sp³-hybridized carbons (Fsp3) is 0.412. The van der Waals surface area contributed by atoms with Crippen molar-refractivity contribution in [2.45, 2.75) is 25.6 Å². The van der Waals surface area contributed by atoms with Gasteiger partial charge in [0.15, 0.2) is 6.10 Å². The van der Waals surface area contributed by atoms with E-state index in [2.05, 4.69) is 5.32 Å². The zero-order chi connectivity index (χ0) is 20.6. The van der Waals surface area contributed by atoms with Crippen molar-refractivity contribution in [3.63, 3.8) is 0 Å². The summed E-state index contributed by atoms with van der Waals surface area (Å²) in [5, 5.41) is 11.0. The van der Waals surface area contributed by atoms with E-state index in [-0.39, 0.29) is 30.9 Å². The van der Waals surface area contributed by atoms with Gasteiger partial charge in [0.25, 0.3) is 0 Å². The summed E-state index contributed by atoms with van der Waals surface area (Å²) in [7, 11) is 1.39. The topological polar surface area (TPSA) is 111 Å². The van der Waals surface area contributed by atoms with Crippen LogP contribution in [0.15, 0.2) is 24.3 Å². The number of primary amides is 1. The highest BCUT2D eigenvalue weighted by Gasteiger charge is 2.43. The maximum Gasteiger partial charge on any atom is 0.418 e. The van der Waals surface area contributed by atoms with Crippen molar-refractivity contribution in [1.29, 1.82) is 0 Å². The SMILES string of the molecule is CCO[C@H](c1ccc(C(=CCC(=O)O)COC)cc1NC(N)=O)C(F)(F)F. The Labute approximate surface area is 153 Å². The summed E-state index contributed by atoms with van der Waals surface area (Å²) in [6.45, 7) is 1.24. The highest BCUT2D eigenvalue weighted by Crippen LogP contribution is 2.40. The number of amides is 2. The van der Waals surface area contributed by atoms with E-state index in [0.717, 1.165) is 6.07 Å². The number of carboxylic acid groups (broad SMARTS) is 1. The number of halogens is 3. The second kappa shape index (κ2) is 9.93. The molecule has 1 atom stereocenters. The third kappa shape index (κ3) is 6.91. The van der Waals surface area contributed by atoms with E-state index in [0.29, 0.717) is 11.1 Å². The molecular formula is C17H21F3N2O5. The lowest BCUT2D eigenvalue weighted by atomic mass is 9.98. The van der Waals surface area contributed by atoms with Crippen LogP contribution in [0.3, 0.4) is 0 Å². The number of hydrogen-bond acceptors (Lipinski definition) is 4. The standard InChI is InChI=1S/C17H21F3N2O5/c1-3-27-15(17(18,19)20)12-6-4-10(8-13(12)22-16(21)25)11(9-26-2)5-7-14(23)24/h4-6,8,15H,3,7,9H2,1-2H3,(H,23,24)(H3,21,22,25)/t15-/m1/s1. The average molecular weight is 390 g/mol. The number of benzene rings is 1. The molecule has 0 spiro atoms. The van der Waals surface area contributed by atoms with Crippen molar-refractivity contribution < 1.29 is 37.3 Å². The Morgan fingerprint density at radius 1 is 1.37 bits per heavy atom. The quantitative estimate of drug-likeness (QED) is 0.599. The molecule has 150 valence electrons. The first-order valence-electron chi connectivity index (χ1n) is 7.89. The lowest BCUT2D eigenvalue weighted by Gasteiger charge is -2.23. The smallest absolute Gasteiger partial charge is 0.418 e. The monoisotopic (exact) mass is 390 g/mol. The van der Waals surface area contributed by atoms with E-state index in [1.165, 1.54) is 32.2 Å². The minimum Gasteiger partial charge on any atom is -0.481 e. The Balaban J connectivity index is 3.45. The number of hydrogen-bond donors (Lipinski definition) is 3. The summed E-state index contributed by atoms with van der Waals surface area (Å²) in [5.74, 6) is -1.08. The lowest BCUT2D eigenvalue weighted by molar-refractivity contribution is -0.222. The number of aliphatic carboxylic acids is 1. The summed E-state index contributed by atoms with van der Waals surface area (Å²) >= 11 is 0. The molecule has 0 heterocycles. The molecule has 0 unspecified atom stereocenters. The van der Waals surface area contributed by atoms with Gasteiger partial charge >= 0.3 is 18.2 Å². The van der Waals surface area contributed by atoms with Crippen molar-refractivity contribution in [1.82, 2.24) is 0 Å². The molecule has 10 heteroatoms. The van der Waals surface area contributed by atoms with Gasteiger partial charge in [-0.3, -0.25) is 4.79 Å². The third-order valence-electron chi connectivity index (χ3n) is 3.42. The zero-order valence-electron chi connectivity index (χ0n) is 14.8. The van der Waals surface area contributed by atoms with Gasteiger partial charge in [-0.05, 0) is 24.1 Å². The number of carbonyl (C=O) groups is 2. The molecule has 0 bridgehead atoms. The summed E-state index contributed by atoms with van der Waals surface area (Å²) in [4.78, 5) is 22.0. The van der Waals surface area contributed by atoms with Crippen LogP contribution < -0.4 is 11.1 Å². The Bertz CT molecular complexity index is 704. The summed E-state index contributed by atoms with van der Waals surface area (Å²) in [6, 6.07) is 2.74. The minimum atomic E-state index is -4.71. The van der Waals surface area contributed by atoms with E-state index in [1.54, 1.807) is 0 Å². The molecule has 0 radical (unpaired) electrons. The van der Waals surface area contributed by atoms with E-state index in [1.807, 2.05) is 0 Å². The van der Waals surface area contributed by atoms with E-state index in [9.17, 15) is 22.8 Å². The van der Waals surface area contributed by atoms with Gasteiger partial charge in [-0.15, -0.1) is 0 Å². The Kier molecular flexibility index (Phi) is 8.26. The van der Waals surface area contributed by atoms with Gasteiger partial charge < -0.3 is 25.6 Å². The molecule has 27 heavy (non-hydrogen) atoms. The number of carbonyl (C=O) groups excluding carboxylic acids is 1. The minimum absolute atomic E-state index is 0.0246. The van der Waals surface area contributed by atoms with Crippen LogP contribution in [-0.4, -0.2) is 43.6 Å². The van der Waals surface area contributed by atoms with Crippen molar-refractivity contribution in [3.8, 4) is 0 Å². The van der Waals surface area contributed by atoms with Crippen LogP contribution in [0.25, 0.3) is 5.57 Å². The fourth-order valence-corrected chi connectivity index (χ4v) is 2.38. The van der Waals surface area contributed by atoms with Gasteiger partial charge in [-0.1, -0.05) is 18.2 Å². The highest BCUT2D eigenvalue weighted by atomic mass is 19.4. The number of nitrogens with one attached hydrogen (secondary N) is 1. The third-order valence-corrected chi connectivity index (χ3v) is 3.42. The van der Waals surface area contributed by atoms with Crippen molar-refractivity contribution in [2.75, 3.05) is 25.6 Å². The molecule has 1 rings (SSSR count). The van der Waals surface area contributed by atoms with Crippen LogP contribution in [0.5, 0.6) is 0 Å². The van der Waals surface area contributed by atoms with Gasteiger partial charge in [0.2, 0.25) is 0 Å². The zero-order valence-corrected chi connectivity index (χ0v) is 14.8. The number of methoxy groups -OCH3 is 1. The molecule has 2 amide bonds. The first-order chi connectivity index (χ1) is 12.6. The second-order valence-corrected chi connectivity index (χ2v) is 5.43. The molecule has 0 saturated heterocycles. The van der Waals surface area contributed by atoms with Crippen LogP contribution in [0.1, 0.15) is 30.6 Å². The molecule has 4 N–H and O–H groups in total. The van der Waals surface area contributed by atoms with Gasteiger partial charge in [0, 0.05) is 25.0 Å². The van der Waals surface area contributed by atoms with E-state index >= 15 is 0 Å². The van der Waals surface area contributed by atoms with Crippen molar-refractivity contribution in [2.24, 2.45) is 5.73 Å². The predicted octanol–water partition coefficient (Wildman–Crippen LogP) is 3.32. The second-order valence-electron chi connectivity index (χ2n) is 5.43. The first kappa shape index (κ1) is 22.5. The molecule has 0 aliphatic heterocycles. The van der Waals surface area contributed by atoms with Crippen LogP contribution in [0.4, 0.5) is 23.7 Å². The molecule has 7 nitrogen and oxygen atoms in total. The molecular weight excluding hydrogens is 369 g/mol. The van der Waals surface area contributed by atoms with E-state index in [4.69, 9.17) is 20.3 Å². The Morgan fingerprint density at radius 2 is 2.04 bits per heavy atom. The van der Waals surface area contributed by atoms with Gasteiger partial charge in [0.05, 0.1) is 13.0 Å². The molecule has 0 aliphatic carbocycles. The number of carboxylic acids is 1. The number of rotatable bonds is 9. The van der Waals surface area contributed by atoms with Crippen LogP contribution in [0.2, 0.25) is 0 Å². The number of nitrogens with two attached hydrogens (primary N) is 1. The van der Waals surface area contributed by atoms with E-state index < -0.39 is 24.3 Å². The summed E-state index contributed by atoms with van der Waals surface area (Å²) in [6.07, 6.45) is -5.89. The maximum absolute atomic E-state index is 13.3. The van der Waals surface area contributed by atoms with Gasteiger partial charge in [-0.2, -0.15) is 13.2 Å². The average Bonchev–Trinajstić information content (AvgIpc) is 2.55. The number of urea groups is 1. The number of anilines is 1. The highest BCUT2D eigenvalue weighted by molar-refractivity contribution is 5.90. The molecule has 0 aliphatic rings. The number of alkyl halides is 3. The maximum atomic E-state index is 13.3. The molecule has 1 aromatic rings. The fourth-order valence-electron chi connectivity index (χ4n) is 2.38. The normalized spacial score (nSPS) is 13.3. The number of ether oxygens (including phenoxy) is 2. The summed E-state index contributed by atoms with van der Waals surface area (Å²) < 4.78 is 49.8. The largest absolute Gasteiger partial charge is 0.481 e. The van der Waals surface area contributed by atoms with Gasteiger partial charge in [-0.25, -0.2) is 4.79 Å². The van der Waals surface area contributed by atoms with Crippen molar-refractivity contribution in [3.05, 3.63) is 35.4 Å².